The van der Waals surface area contributed by atoms with Crippen molar-refractivity contribution in [2.24, 2.45) is 5.16 Å². The fourth-order valence-corrected chi connectivity index (χ4v) is 4.44. The molecule has 14 heteroatoms. The van der Waals surface area contributed by atoms with Gasteiger partial charge in [0.15, 0.2) is 5.82 Å². The molecule has 1 amide bonds. The lowest BCUT2D eigenvalue weighted by atomic mass is 9.89. The van der Waals surface area contributed by atoms with E-state index in [4.69, 9.17) is 33.3 Å². The van der Waals surface area contributed by atoms with E-state index in [1.807, 2.05) is 6.07 Å². The van der Waals surface area contributed by atoms with Crippen LogP contribution in [0.5, 0.6) is 0 Å². The molecule has 1 unspecified atom stereocenters. The number of rotatable bonds is 3. The van der Waals surface area contributed by atoms with Crippen LogP contribution in [0.4, 0.5) is 17.6 Å². The molecule has 1 atom stereocenters. The third kappa shape index (κ3) is 3.92. The topological polar surface area (TPSA) is 104 Å². The summed E-state index contributed by atoms with van der Waals surface area (Å²) in [5.74, 6) is -1.81. The summed E-state index contributed by atoms with van der Waals surface area (Å²) < 4.78 is 56.5. The highest BCUT2D eigenvalue weighted by atomic mass is 35.5. The fourth-order valence-electron chi connectivity index (χ4n) is 3.95. The molecule has 0 saturated heterocycles. The van der Waals surface area contributed by atoms with Gasteiger partial charge in [-0.2, -0.15) is 18.4 Å². The minimum atomic E-state index is -4.93. The molecule has 8 nitrogen and oxygen atoms in total. The van der Waals surface area contributed by atoms with E-state index in [1.165, 1.54) is 11.1 Å². The van der Waals surface area contributed by atoms with Crippen LogP contribution in [0.15, 0.2) is 23.5 Å². The average Bonchev–Trinajstić information content (AvgIpc) is 3.22. The Labute approximate surface area is 205 Å². The lowest BCUT2D eigenvalue weighted by Crippen LogP contribution is -2.44. The molecule has 1 saturated carbocycles. The fraction of sp³-hybridized carbons (Fsp3) is 0.381. The van der Waals surface area contributed by atoms with Gasteiger partial charge >= 0.3 is 6.18 Å². The number of amidine groups is 1. The number of hydrogen-bond acceptors (Lipinski definition) is 7. The number of carbonyl (C=O) groups excluding carboxylic acids is 1. The maximum absolute atomic E-state index is 14.2. The van der Waals surface area contributed by atoms with E-state index in [1.54, 1.807) is 0 Å². The number of alkyl halides is 3. The number of nitrogens with one attached hydrogen (secondary N) is 1. The number of amides is 1. The molecule has 2 aromatic rings. The molecule has 2 aliphatic heterocycles. The molecule has 1 N–H and O–H groups in total. The van der Waals surface area contributed by atoms with Crippen molar-refractivity contribution in [3.63, 3.8) is 0 Å². The van der Waals surface area contributed by atoms with Crippen molar-refractivity contribution in [2.75, 3.05) is 0 Å². The number of halogens is 6. The van der Waals surface area contributed by atoms with Crippen molar-refractivity contribution in [3.8, 4) is 6.07 Å². The van der Waals surface area contributed by atoms with Gasteiger partial charge in [0, 0.05) is 23.9 Å². The van der Waals surface area contributed by atoms with E-state index < -0.39 is 51.1 Å². The number of hydrogen-bond donors (Lipinski definition) is 1. The van der Waals surface area contributed by atoms with Crippen LogP contribution < -0.4 is 5.32 Å². The molecule has 1 aromatic heterocycles. The van der Waals surface area contributed by atoms with Gasteiger partial charge in [0.25, 0.3) is 11.5 Å². The molecular weight excluding hydrogens is 515 g/mol. The van der Waals surface area contributed by atoms with E-state index in [-0.39, 0.29) is 24.7 Å². The second-order valence-corrected chi connectivity index (χ2v) is 9.34. The zero-order valence-corrected chi connectivity index (χ0v) is 19.1. The molecule has 1 fully saturated rings. The first kappa shape index (κ1) is 23.6. The lowest BCUT2D eigenvalue weighted by Gasteiger charge is -2.30. The van der Waals surface area contributed by atoms with Crippen LogP contribution in [-0.2, 0) is 23.5 Å². The molecular formula is C21H14Cl2F4N6O2. The van der Waals surface area contributed by atoms with Crippen LogP contribution in [-0.4, -0.2) is 38.3 Å². The van der Waals surface area contributed by atoms with Crippen LogP contribution >= 0.6 is 23.2 Å². The Morgan fingerprint density at radius 3 is 2.51 bits per heavy atom. The van der Waals surface area contributed by atoms with E-state index in [0.717, 1.165) is 12.1 Å². The largest absolute Gasteiger partial charge is 0.435 e. The van der Waals surface area contributed by atoms with Crippen LogP contribution in [0.2, 0.25) is 10.0 Å². The van der Waals surface area contributed by atoms with Gasteiger partial charge < -0.3 is 15.1 Å². The highest BCUT2D eigenvalue weighted by molar-refractivity contribution is 6.35. The minimum absolute atomic E-state index is 0.0238. The smallest absolute Gasteiger partial charge is 0.372 e. The Hall–Kier alpha value is -3.17. The van der Waals surface area contributed by atoms with Crippen molar-refractivity contribution in [1.29, 1.82) is 5.26 Å². The zero-order chi connectivity index (χ0) is 25.2. The minimum Gasteiger partial charge on any atom is -0.372 e. The lowest BCUT2D eigenvalue weighted by molar-refractivity contribution is -0.275. The number of oxime groups is 1. The monoisotopic (exact) mass is 528 g/mol. The summed E-state index contributed by atoms with van der Waals surface area (Å²) in [4.78, 5) is 27.1. The Balaban J connectivity index is 1.36. The number of benzene rings is 1. The molecule has 1 aliphatic carbocycles. The summed E-state index contributed by atoms with van der Waals surface area (Å²) in [6.45, 7) is 0.197. The second-order valence-electron chi connectivity index (χ2n) is 8.52. The molecule has 1 aromatic carbocycles. The van der Waals surface area contributed by atoms with Gasteiger partial charge in [-0.15, -0.1) is 0 Å². The summed E-state index contributed by atoms with van der Waals surface area (Å²) in [6, 6.07) is 3.67. The summed E-state index contributed by atoms with van der Waals surface area (Å²) >= 11 is 11.5. The van der Waals surface area contributed by atoms with Crippen LogP contribution in [0.1, 0.15) is 46.7 Å². The predicted molar refractivity (Wildman–Crippen MR) is 114 cm³/mol. The number of carbonyl (C=O) groups is 1. The Morgan fingerprint density at radius 2 is 1.91 bits per heavy atom. The van der Waals surface area contributed by atoms with Crippen molar-refractivity contribution in [2.45, 2.75) is 49.7 Å². The highest BCUT2D eigenvalue weighted by Crippen LogP contribution is 2.50. The number of nitriles is 1. The third-order valence-electron chi connectivity index (χ3n) is 6.16. The SMILES string of the molecule is N#CC1(NC(=O)c2ncc3c(n2)CN(C2=NOC(c4cc(Cl)c(F)c(Cl)c4)(C(F)(F)F)C2)C3)CC1. The van der Waals surface area contributed by atoms with Gasteiger partial charge in [-0.3, -0.25) is 4.79 Å². The normalized spacial score (nSPS) is 22.2. The van der Waals surface area contributed by atoms with Gasteiger partial charge in [0.1, 0.15) is 11.4 Å². The van der Waals surface area contributed by atoms with E-state index in [0.29, 0.717) is 24.1 Å². The van der Waals surface area contributed by atoms with Gasteiger partial charge in [0.05, 0.1) is 34.8 Å². The highest BCUT2D eigenvalue weighted by Gasteiger charge is 2.63. The maximum atomic E-state index is 14.2. The maximum Gasteiger partial charge on any atom is 0.435 e. The molecule has 35 heavy (non-hydrogen) atoms. The quantitative estimate of drug-likeness (QED) is 0.472. The number of fused-ring (bicyclic) bond motifs is 1. The first-order valence-corrected chi connectivity index (χ1v) is 11.0. The average molecular weight is 529 g/mol. The zero-order valence-electron chi connectivity index (χ0n) is 17.6. The summed E-state index contributed by atoms with van der Waals surface area (Å²) in [7, 11) is 0. The van der Waals surface area contributed by atoms with Gasteiger partial charge in [-0.05, 0) is 25.0 Å². The van der Waals surface area contributed by atoms with Gasteiger partial charge in [0.2, 0.25) is 5.82 Å². The Morgan fingerprint density at radius 1 is 1.23 bits per heavy atom. The van der Waals surface area contributed by atoms with Crippen LogP contribution in [0, 0.1) is 17.1 Å². The molecule has 0 radical (unpaired) electrons. The molecule has 0 spiro atoms. The second kappa shape index (κ2) is 7.93. The van der Waals surface area contributed by atoms with Crippen LogP contribution in [0.25, 0.3) is 0 Å². The van der Waals surface area contributed by atoms with E-state index in [2.05, 4.69) is 20.4 Å². The van der Waals surface area contributed by atoms with Crippen molar-refractivity contribution >= 4 is 34.9 Å². The molecule has 3 heterocycles. The first-order valence-electron chi connectivity index (χ1n) is 10.3. The van der Waals surface area contributed by atoms with Crippen molar-refractivity contribution in [1.82, 2.24) is 20.2 Å². The molecule has 182 valence electrons. The molecule has 0 bridgehead atoms. The molecule has 5 rings (SSSR count). The third-order valence-corrected chi connectivity index (χ3v) is 6.71. The van der Waals surface area contributed by atoms with Crippen molar-refractivity contribution < 1.29 is 27.2 Å². The van der Waals surface area contributed by atoms with Gasteiger partial charge in [-0.1, -0.05) is 28.4 Å². The number of aromatic nitrogens is 2. The van der Waals surface area contributed by atoms with Crippen molar-refractivity contribution in [3.05, 3.63) is 56.8 Å². The standard InChI is InChI=1S/C21H14Cl2F4N6O2/c22-12-3-11(4-13(23)16(12)24)20(21(25,26)27)5-15(32-35-20)33-7-10-6-29-17(30-14(10)8-33)18(34)31-19(9-28)1-2-19/h3-4,6H,1-2,5,7-8H2,(H,31,34). The summed E-state index contributed by atoms with van der Waals surface area (Å²) in [5.41, 5.74) is -3.25. The predicted octanol–water partition coefficient (Wildman–Crippen LogP) is 4.22. The van der Waals surface area contributed by atoms with E-state index in [9.17, 15) is 22.4 Å². The van der Waals surface area contributed by atoms with E-state index >= 15 is 0 Å². The summed E-state index contributed by atoms with van der Waals surface area (Å²) in [6.07, 6.45) is -3.15. The Kier molecular flexibility index (Phi) is 5.34. The first-order chi connectivity index (χ1) is 16.5. The molecule has 3 aliphatic rings. The Bertz CT molecular complexity index is 1300. The summed E-state index contributed by atoms with van der Waals surface area (Å²) in [5, 5.41) is 14.3. The van der Waals surface area contributed by atoms with Gasteiger partial charge in [-0.25, -0.2) is 14.4 Å². The number of nitrogens with zero attached hydrogens (tertiary/aromatic N) is 5. The van der Waals surface area contributed by atoms with Crippen LogP contribution in [0.3, 0.4) is 0 Å².